The van der Waals surface area contributed by atoms with Gasteiger partial charge in [0.05, 0.1) is 6.61 Å². The van der Waals surface area contributed by atoms with E-state index < -0.39 is 0 Å². The molecular weight excluding hydrogens is 212 g/mol. The third-order valence-corrected chi connectivity index (χ3v) is 4.28. The Morgan fingerprint density at radius 1 is 1.24 bits per heavy atom. The molecule has 3 nitrogen and oxygen atoms in total. The summed E-state index contributed by atoms with van der Waals surface area (Å²) in [7, 11) is 0. The molecule has 0 radical (unpaired) electrons. The molecule has 0 aromatic rings. The highest BCUT2D eigenvalue weighted by Gasteiger charge is 2.25. The van der Waals surface area contributed by atoms with Gasteiger partial charge in [-0.3, -0.25) is 4.90 Å². The molecule has 3 N–H and O–H groups in total. The fraction of sp³-hybridized carbons (Fsp3) is 1.00. The van der Waals surface area contributed by atoms with Crippen LogP contribution in [0.3, 0.4) is 0 Å². The van der Waals surface area contributed by atoms with Gasteiger partial charge in [0.25, 0.3) is 0 Å². The lowest BCUT2D eigenvalue weighted by Crippen LogP contribution is -2.45. The lowest BCUT2D eigenvalue weighted by molar-refractivity contribution is 0.107. The van der Waals surface area contributed by atoms with E-state index in [1.54, 1.807) is 0 Å². The molecule has 1 rings (SSSR count). The third kappa shape index (κ3) is 4.57. The first kappa shape index (κ1) is 14.9. The first-order valence-electron chi connectivity index (χ1n) is 7.33. The van der Waals surface area contributed by atoms with E-state index in [0.717, 1.165) is 13.1 Å². The maximum atomic E-state index is 9.20. The van der Waals surface area contributed by atoms with E-state index in [2.05, 4.69) is 18.7 Å². The Labute approximate surface area is 106 Å². The zero-order chi connectivity index (χ0) is 12.7. The van der Waals surface area contributed by atoms with Crippen molar-refractivity contribution in [3.05, 3.63) is 0 Å². The smallest absolute Gasteiger partial charge is 0.0558 e. The van der Waals surface area contributed by atoms with Crippen molar-refractivity contribution in [1.29, 1.82) is 0 Å². The summed E-state index contributed by atoms with van der Waals surface area (Å²) < 4.78 is 0. The molecule has 0 spiro atoms. The topological polar surface area (TPSA) is 49.5 Å². The minimum atomic E-state index is 0.262. The SMILES string of the molecule is CCC(CC)N(CCO)CC1CCCCC1N. The Hall–Kier alpha value is -0.120. The predicted molar refractivity (Wildman–Crippen MR) is 73.0 cm³/mol. The number of rotatable bonds is 7. The Bertz CT molecular complexity index is 195. The summed E-state index contributed by atoms with van der Waals surface area (Å²) in [5.41, 5.74) is 6.22. The van der Waals surface area contributed by atoms with Crippen LogP contribution in [0, 0.1) is 5.92 Å². The zero-order valence-electron chi connectivity index (χ0n) is 11.6. The number of aliphatic hydroxyl groups is 1. The summed E-state index contributed by atoms with van der Waals surface area (Å²) in [6.45, 7) is 6.61. The highest BCUT2D eigenvalue weighted by molar-refractivity contribution is 4.82. The standard InChI is InChI=1S/C14H30N2O/c1-3-13(4-2)16(9-10-17)11-12-7-5-6-8-14(12)15/h12-14,17H,3-11,15H2,1-2H3. The summed E-state index contributed by atoms with van der Waals surface area (Å²) in [5, 5.41) is 9.20. The first-order chi connectivity index (χ1) is 8.22. The molecule has 0 bridgehead atoms. The van der Waals surface area contributed by atoms with Crippen LogP contribution in [-0.4, -0.2) is 41.8 Å². The molecule has 2 unspecified atom stereocenters. The van der Waals surface area contributed by atoms with E-state index in [1.807, 2.05) is 0 Å². The van der Waals surface area contributed by atoms with Crippen LogP contribution in [0.2, 0.25) is 0 Å². The molecule has 0 amide bonds. The molecule has 0 aromatic carbocycles. The number of nitrogens with two attached hydrogens (primary N) is 1. The van der Waals surface area contributed by atoms with Crippen LogP contribution < -0.4 is 5.73 Å². The molecule has 0 saturated heterocycles. The van der Waals surface area contributed by atoms with Gasteiger partial charge in [-0.05, 0) is 31.6 Å². The van der Waals surface area contributed by atoms with Crippen LogP contribution in [0.1, 0.15) is 52.4 Å². The summed E-state index contributed by atoms with van der Waals surface area (Å²) >= 11 is 0. The molecule has 17 heavy (non-hydrogen) atoms. The Kier molecular flexibility index (Phi) is 7.09. The summed E-state index contributed by atoms with van der Waals surface area (Å²) in [4.78, 5) is 2.45. The minimum absolute atomic E-state index is 0.262. The van der Waals surface area contributed by atoms with Gasteiger partial charge in [-0.2, -0.15) is 0 Å². The van der Waals surface area contributed by atoms with E-state index >= 15 is 0 Å². The maximum Gasteiger partial charge on any atom is 0.0558 e. The summed E-state index contributed by atoms with van der Waals surface area (Å²) in [6.07, 6.45) is 7.40. The van der Waals surface area contributed by atoms with Gasteiger partial charge in [-0.1, -0.05) is 26.7 Å². The molecule has 1 saturated carbocycles. The van der Waals surface area contributed by atoms with E-state index in [9.17, 15) is 5.11 Å². The second kappa shape index (κ2) is 8.06. The van der Waals surface area contributed by atoms with E-state index in [1.165, 1.54) is 38.5 Å². The quantitative estimate of drug-likeness (QED) is 0.718. The molecule has 1 fully saturated rings. The third-order valence-electron chi connectivity index (χ3n) is 4.28. The van der Waals surface area contributed by atoms with Crippen LogP contribution >= 0.6 is 0 Å². The number of hydrogen-bond acceptors (Lipinski definition) is 3. The second-order valence-electron chi connectivity index (χ2n) is 5.40. The average Bonchev–Trinajstić information content (AvgIpc) is 2.34. The predicted octanol–water partition coefficient (Wildman–Crippen LogP) is 1.99. The minimum Gasteiger partial charge on any atom is -0.395 e. The summed E-state index contributed by atoms with van der Waals surface area (Å²) in [5.74, 6) is 0.635. The molecule has 0 heterocycles. The zero-order valence-corrected chi connectivity index (χ0v) is 11.6. The van der Waals surface area contributed by atoms with Gasteiger partial charge in [0, 0.05) is 25.2 Å². The summed E-state index contributed by atoms with van der Waals surface area (Å²) in [6, 6.07) is 0.982. The number of aliphatic hydroxyl groups excluding tert-OH is 1. The molecule has 3 heteroatoms. The van der Waals surface area contributed by atoms with Crippen LogP contribution in [-0.2, 0) is 0 Å². The van der Waals surface area contributed by atoms with Crippen LogP contribution in [0.4, 0.5) is 0 Å². The molecular formula is C14H30N2O. The first-order valence-corrected chi connectivity index (χ1v) is 7.33. The van der Waals surface area contributed by atoms with Crippen molar-refractivity contribution in [1.82, 2.24) is 4.90 Å². The van der Waals surface area contributed by atoms with E-state index in [4.69, 9.17) is 5.73 Å². The maximum absolute atomic E-state index is 9.20. The Morgan fingerprint density at radius 3 is 2.41 bits per heavy atom. The van der Waals surface area contributed by atoms with Crippen molar-refractivity contribution in [2.75, 3.05) is 19.7 Å². The molecule has 102 valence electrons. The van der Waals surface area contributed by atoms with Gasteiger partial charge in [0.15, 0.2) is 0 Å². The lowest BCUT2D eigenvalue weighted by atomic mass is 9.84. The van der Waals surface area contributed by atoms with Gasteiger partial charge in [-0.15, -0.1) is 0 Å². The number of nitrogens with zero attached hydrogens (tertiary/aromatic N) is 1. The van der Waals surface area contributed by atoms with Crippen LogP contribution in [0.25, 0.3) is 0 Å². The van der Waals surface area contributed by atoms with Gasteiger partial charge < -0.3 is 10.8 Å². The monoisotopic (exact) mass is 242 g/mol. The molecule has 0 aromatic heterocycles. The normalized spacial score (nSPS) is 25.8. The second-order valence-corrected chi connectivity index (χ2v) is 5.40. The molecule has 2 atom stereocenters. The molecule has 1 aliphatic carbocycles. The van der Waals surface area contributed by atoms with Crippen molar-refractivity contribution in [3.63, 3.8) is 0 Å². The van der Waals surface area contributed by atoms with Gasteiger partial charge in [0.2, 0.25) is 0 Å². The van der Waals surface area contributed by atoms with E-state index in [-0.39, 0.29) is 6.61 Å². The molecule has 1 aliphatic rings. The van der Waals surface area contributed by atoms with Crippen molar-refractivity contribution < 1.29 is 5.11 Å². The average molecular weight is 242 g/mol. The Morgan fingerprint density at radius 2 is 1.88 bits per heavy atom. The van der Waals surface area contributed by atoms with Crippen molar-refractivity contribution in [2.45, 2.75) is 64.5 Å². The number of hydrogen-bond donors (Lipinski definition) is 2. The van der Waals surface area contributed by atoms with Crippen molar-refractivity contribution in [3.8, 4) is 0 Å². The largest absolute Gasteiger partial charge is 0.395 e. The van der Waals surface area contributed by atoms with Gasteiger partial charge in [0.1, 0.15) is 0 Å². The fourth-order valence-electron chi connectivity index (χ4n) is 3.12. The highest BCUT2D eigenvalue weighted by atomic mass is 16.3. The van der Waals surface area contributed by atoms with E-state index in [0.29, 0.717) is 18.0 Å². The van der Waals surface area contributed by atoms with Crippen LogP contribution in [0.5, 0.6) is 0 Å². The van der Waals surface area contributed by atoms with Crippen molar-refractivity contribution >= 4 is 0 Å². The highest BCUT2D eigenvalue weighted by Crippen LogP contribution is 2.25. The fourth-order valence-corrected chi connectivity index (χ4v) is 3.12. The van der Waals surface area contributed by atoms with Crippen LogP contribution in [0.15, 0.2) is 0 Å². The van der Waals surface area contributed by atoms with Gasteiger partial charge >= 0.3 is 0 Å². The lowest BCUT2D eigenvalue weighted by Gasteiger charge is -2.37. The van der Waals surface area contributed by atoms with Crippen molar-refractivity contribution in [2.24, 2.45) is 11.7 Å². The van der Waals surface area contributed by atoms with Gasteiger partial charge in [-0.25, -0.2) is 0 Å². The Balaban J connectivity index is 2.51. The molecule has 0 aliphatic heterocycles.